The Morgan fingerprint density at radius 1 is 1.62 bits per heavy atom. The summed E-state index contributed by atoms with van der Waals surface area (Å²) in [4.78, 5) is 15.6. The molecule has 1 fully saturated rings. The minimum absolute atomic E-state index is 0.137. The molecule has 0 unspecified atom stereocenters. The molecule has 1 aliphatic heterocycles. The van der Waals surface area contributed by atoms with Crippen LogP contribution in [0.4, 0.5) is 0 Å². The van der Waals surface area contributed by atoms with Crippen LogP contribution >= 0.6 is 0 Å². The van der Waals surface area contributed by atoms with Crippen molar-refractivity contribution in [1.29, 1.82) is 0 Å². The fraction of sp³-hybridized carbons (Fsp3) is 0.500. The smallest absolute Gasteiger partial charge is 0.220 e. The Bertz CT molecular complexity index is 333. The lowest BCUT2D eigenvalue weighted by Gasteiger charge is -2.10. The van der Waals surface area contributed by atoms with Crippen molar-refractivity contribution in [3.05, 3.63) is 30.1 Å². The second kappa shape index (κ2) is 5.61. The van der Waals surface area contributed by atoms with Crippen molar-refractivity contribution in [2.45, 2.75) is 25.3 Å². The topological polar surface area (TPSA) is 54.0 Å². The molecule has 1 aromatic rings. The van der Waals surface area contributed by atoms with Crippen LogP contribution in [0.5, 0.6) is 0 Å². The van der Waals surface area contributed by atoms with E-state index < -0.39 is 0 Å². The second-order valence-electron chi connectivity index (χ2n) is 4.12. The van der Waals surface area contributed by atoms with Gasteiger partial charge >= 0.3 is 0 Å². The highest BCUT2D eigenvalue weighted by molar-refractivity contribution is 5.76. The van der Waals surface area contributed by atoms with Crippen molar-refractivity contribution >= 4 is 5.91 Å². The minimum atomic E-state index is 0.137. The van der Waals surface area contributed by atoms with Gasteiger partial charge in [0.2, 0.25) is 5.91 Å². The van der Waals surface area contributed by atoms with Crippen molar-refractivity contribution < 1.29 is 4.79 Å². The van der Waals surface area contributed by atoms with Crippen LogP contribution in [0.15, 0.2) is 24.5 Å². The van der Waals surface area contributed by atoms with Gasteiger partial charge in [0, 0.05) is 31.4 Å². The molecule has 0 saturated carbocycles. The Morgan fingerprint density at radius 3 is 3.25 bits per heavy atom. The zero-order valence-corrected chi connectivity index (χ0v) is 9.28. The number of carbonyl (C=O) groups is 1. The predicted molar refractivity (Wildman–Crippen MR) is 62.0 cm³/mol. The number of aromatic nitrogens is 1. The fourth-order valence-electron chi connectivity index (χ4n) is 1.88. The van der Waals surface area contributed by atoms with Gasteiger partial charge in [-0.1, -0.05) is 6.07 Å². The van der Waals surface area contributed by atoms with E-state index in [2.05, 4.69) is 15.6 Å². The summed E-state index contributed by atoms with van der Waals surface area (Å²) in [5, 5.41) is 6.25. The molecule has 2 rings (SSSR count). The van der Waals surface area contributed by atoms with Gasteiger partial charge in [0.1, 0.15) is 0 Å². The summed E-state index contributed by atoms with van der Waals surface area (Å²) in [7, 11) is 0. The number of hydrogen-bond acceptors (Lipinski definition) is 3. The maximum atomic E-state index is 11.6. The van der Waals surface area contributed by atoms with Crippen LogP contribution in [0, 0.1) is 0 Å². The Kier molecular flexibility index (Phi) is 3.88. The maximum Gasteiger partial charge on any atom is 0.220 e. The van der Waals surface area contributed by atoms with Gasteiger partial charge in [-0.05, 0) is 31.0 Å². The van der Waals surface area contributed by atoms with Gasteiger partial charge in [0.15, 0.2) is 0 Å². The first-order valence-corrected chi connectivity index (χ1v) is 5.73. The van der Waals surface area contributed by atoms with E-state index in [1.807, 2.05) is 18.3 Å². The lowest BCUT2D eigenvalue weighted by atomic mass is 10.1. The Hall–Kier alpha value is -1.42. The van der Waals surface area contributed by atoms with E-state index in [4.69, 9.17) is 0 Å². The summed E-state index contributed by atoms with van der Waals surface area (Å²) >= 11 is 0. The zero-order valence-electron chi connectivity index (χ0n) is 9.28. The number of amides is 1. The fourth-order valence-corrected chi connectivity index (χ4v) is 1.88. The highest BCUT2D eigenvalue weighted by atomic mass is 16.1. The van der Waals surface area contributed by atoms with Gasteiger partial charge in [-0.2, -0.15) is 0 Å². The first kappa shape index (κ1) is 11.1. The van der Waals surface area contributed by atoms with Crippen LogP contribution in [-0.4, -0.2) is 30.0 Å². The van der Waals surface area contributed by atoms with E-state index >= 15 is 0 Å². The summed E-state index contributed by atoms with van der Waals surface area (Å²) in [6.45, 7) is 1.91. The average molecular weight is 219 g/mol. The van der Waals surface area contributed by atoms with Crippen molar-refractivity contribution in [3.8, 4) is 0 Å². The number of pyridine rings is 1. The van der Waals surface area contributed by atoms with Gasteiger partial charge in [0.05, 0.1) is 0 Å². The zero-order chi connectivity index (χ0) is 11.2. The molecule has 0 spiro atoms. The molecule has 0 aromatic carbocycles. The molecule has 4 nitrogen and oxygen atoms in total. The van der Waals surface area contributed by atoms with Gasteiger partial charge in [-0.3, -0.25) is 9.78 Å². The van der Waals surface area contributed by atoms with Crippen LogP contribution in [0.25, 0.3) is 0 Å². The molecule has 86 valence electrons. The van der Waals surface area contributed by atoms with E-state index in [1.54, 1.807) is 6.20 Å². The molecule has 1 atom stereocenters. The normalized spacial score (nSPS) is 19.6. The SMILES string of the molecule is O=C(CCc1cccnc1)N[C@@H]1CCNC1. The van der Waals surface area contributed by atoms with Crippen LogP contribution in [0.3, 0.4) is 0 Å². The average Bonchev–Trinajstić information content (AvgIpc) is 2.81. The van der Waals surface area contributed by atoms with E-state index in [9.17, 15) is 4.79 Å². The van der Waals surface area contributed by atoms with Gasteiger partial charge in [0.25, 0.3) is 0 Å². The van der Waals surface area contributed by atoms with Crippen LogP contribution in [0.2, 0.25) is 0 Å². The van der Waals surface area contributed by atoms with Crippen molar-refractivity contribution in [1.82, 2.24) is 15.6 Å². The van der Waals surface area contributed by atoms with Gasteiger partial charge in [-0.25, -0.2) is 0 Å². The van der Waals surface area contributed by atoms with E-state index in [-0.39, 0.29) is 5.91 Å². The third-order valence-corrected chi connectivity index (χ3v) is 2.79. The number of hydrogen-bond donors (Lipinski definition) is 2. The van der Waals surface area contributed by atoms with Crippen molar-refractivity contribution in [2.24, 2.45) is 0 Å². The number of nitrogens with zero attached hydrogens (tertiary/aromatic N) is 1. The summed E-state index contributed by atoms with van der Waals surface area (Å²) in [6.07, 6.45) is 5.90. The largest absolute Gasteiger partial charge is 0.352 e. The Labute approximate surface area is 95.5 Å². The predicted octanol–water partition coefficient (Wildman–Crippen LogP) is 0.492. The third-order valence-electron chi connectivity index (χ3n) is 2.79. The molecule has 16 heavy (non-hydrogen) atoms. The monoisotopic (exact) mass is 219 g/mol. The summed E-state index contributed by atoms with van der Waals surface area (Å²) < 4.78 is 0. The molecular formula is C12H17N3O. The quantitative estimate of drug-likeness (QED) is 0.775. The summed E-state index contributed by atoms with van der Waals surface area (Å²) in [5.74, 6) is 0.137. The standard InChI is InChI=1S/C12H17N3O/c16-12(15-11-5-7-14-9-11)4-3-10-2-1-6-13-8-10/h1-2,6,8,11,14H,3-5,7,9H2,(H,15,16)/t11-/m1/s1. The van der Waals surface area contributed by atoms with Crippen molar-refractivity contribution in [2.75, 3.05) is 13.1 Å². The van der Waals surface area contributed by atoms with Crippen LogP contribution in [-0.2, 0) is 11.2 Å². The van der Waals surface area contributed by atoms with E-state index in [0.717, 1.165) is 31.5 Å². The number of carbonyl (C=O) groups excluding carboxylic acids is 1. The molecule has 4 heteroatoms. The molecule has 1 amide bonds. The van der Waals surface area contributed by atoms with E-state index in [0.29, 0.717) is 12.5 Å². The van der Waals surface area contributed by atoms with Crippen molar-refractivity contribution in [3.63, 3.8) is 0 Å². The van der Waals surface area contributed by atoms with Gasteiger partial charge in [-0.15, -0.1) is 0 Å². The molecule has 1 aromatic heterocycles. The molecule has 2 N–H and O–H groups in total. The lowest BCUT2D eigenvalue weighted by Crippen LogP contribution is -2.36. The third kappa shape index (κ3) is 3.31. The number of aryl methyl sites for hydroxylation is 1. The molecule has 0 bridgehead atoms. The Balaban J connectivity index is 1.71. The minimum Gasteiger partial charge on any atom is -0.352 e. The maximum absolute atomic E-state index is 11.6. The van der Waals surface area contributed by atoms with Gasteiger partial charge < -0.3 is 10.6 Å². The first-order chi connectivity index (χ1) is 7.84. The highest BCUT2D eigenvalue weighted by Gasteiger charge is 2.16. The second-order valence-corrected chi connectivity index (χ2v) is 4.12. The van der Waals surface area contributed by atoms with Crippen LogP contribution < -0.4 is 10.6 Å². The molecule has 0 aliphatic carbocycles. The molecule has 0 radical (unpaired) electrons. The summed E-state index contributed by atoms with van der Waals surface area (Å²) in [5.41, 5.74) is 1.11. The summed E-state index contributed by atoms with van der Waals surface area (Å²) in [6, 6.07) is 4.22. The molecule has 1 saturated heterocycles. The molecular weight excluding hydrogens is 202 g/mol. The number of rotatable bonds is 4. The number of nitrogens with one attached hydrogen (secondary N) is 2. The highest BCUT2D eigenvalue weighted by Crippen LogP contribution is 2.02. The van der Waals surface area contributed by atoms with E-state index in [1.165, 1.54) is 0 Å². The lowest BCUT2D eigenvalue weighted by molar-refractivity contribution is -0.121. The molecule has 2 heterocycles. The van der Waals surface area contributed by atoms with Crippen LogP contribution in [0.1, 0.15) is 18.4 Å². The Morgan fingerprint density at radius 2 is 2.56 bits per heavy atom. The molecule has 1 aliphatic rings. The first-order valence-electron chi connectivity index (χ1n) is 5.73.